The highest BCUT2D eigenvalue weighted by molar-refractivity contribution is 6.30. The molecule has 2 aromatic carbocycles. The van der Waals surface area contributed by atoms with E-state index in [4.69, 9.17) is 16.3 Å². The second kappa shape index (κ2) is 9.44. The summed E-state index contributed by atoms with van der Waals surface area (Å²) in [7, 11) is 0. The van der Waals surface area contributed by atoms with E-state index in [0.717, 1.165) is 22.3 Å². The van der Waals surface area contributed by atoms with Gasteiger partial charge in [-0.1, -0.05) is 66.2 Å². The second-order valence-corrected chi connectivity index (χ2v) is 8.31. The molecule has 7 nitrogen and oxygen atoms in total. The first-order valence-corrected chi connectivity index (χ1v) is 10.8. The molecule has 2 N–H and O–H groups in total. The summed E-state index contributed by atoms with van der Waals surface area (Å²) in [6.45, 7) is 0.687. The van der Waals surface area contributed by atoms with Crippen molar-refractivity contribution in [3.8, 4) is 11.1 Å². The van der Waals surface area contributed by atoms with Crippen molar-refractivity contribution in [1.82, 2.24) is 10.2 Å². The Bertz CT molecular complexity index is 1040. The third kappa shape index (κ3) is 4.62. The van der Waals surface area contributed by atoms with E-state index in [-0.39, 0.29) is 19.1 Å². The molecule has 32 heavy (non-hydrogen) atoms. The molecule has 2 aromatic rings. The van der Waals surface area contributed by atoms with Crippen LogP contribution in [0.25, 0.3) is 11.1 Å². The molecule has 0 fully saturated rings. The Labute approximate surface area is 190 Å². The molecule has 0 aromatic heterocycles. The zero-order valence-electron chi connectivity index (χ0n) is 17.3. The number of benzene rings is 2. The van der Waals surface area contributed by atoms with Gasteiger partial charge in [0.25, 0.3) is 0 Å². The van der Waals surface area contributed by atoms with Crippen molar-refractivity contribution in [2.24, 2.45) is 0 Å². The van der Waals surface area contributed by atoms with E-state index >= 15 is 0 Å². The molecule has 1 unspecified atom stereocenters. The average Bonchev–Trinajstić information content (AvgIpc) is 3.10. The summed E-state index contributed by atoms with van der Waals surface area (Å²) in [4.78, 5) is 38.1. The lowest BCUT2D eigenvalue weighted by Crippen LogP contribution is -2.50. The summed E-state index contributed by atoms with van der Waals surface area (Å²) in [5.41, 5.74) is 4.33. The molecular formula is C24H23ClN2O5. The Kier molecular flexibility index (Phi) is 6.46. The van der Waals surface area contributed by atoms with Gasteiger partial charge < -0.3 is 20.1 Å². The van der Waals surface area contributed by atoms with Gasteiger partial charge in [-0.05, 0) is 28.7 Å². The molecule has 8 heteroatoms. The smallest absolute Gasteiger partial charge is 0.407 e. The highest BCUT2D eigenvalue weighted by Crippen LogP contribution is 2.44. The number of carboxylic acids is 1. The number of carboxylic acid groups (broad SMARTS) is 1. The second-order valence-electron chi connectivity index (χ2n) is 7.82. The van der Waals surface area contributed by atoms with Crippen molar-refractivity contribution >= 4 is 29.6 Å². The quantitative estimate of drug-likeness (QED) is 0.693. The molecule has 0 saturated heterocycles. The van der Waals surface area contributed by atoms with Crippen molar-refractivity contribution in [2.45, 2.75) is 24.8 Å². The minimum absolute atomic E-state index is 0.0755. The van der Waals surface area contributed by atoms with Gasteiger partial charge in [-0.2, -0.15) is 0 Å². The third-order valence-electron chi connectivity index (χ3n) is 5.73. The Morgan fingerprint density at radius 1 is 1.09 bits per heavy atom. The summed E-state index contributed by atoms with van der Waals surface area (Å²) in [6.07, 6.45) is 1.03. The first kappa shape index (κ1) is 21.9. The van der Waals surface area contributed by atoms with Crippen molar-refractivity contribution in [2.75, 3.05) is 19.7 Å². The zero-order valence-corrected chi connectivity index (χ0v) is 18.0. The number of hydrogen-bond acceptors (Lipinski definition) is 4. The van der Waals surface area contributed by atoms with E-state index in [9.17, 15) is 19.5 Å². The molecule has 0 spiro atoms. The number of nitrogens with one attached hydrogen (secondary N) is 1. The van der Waals surface area contributed by atoms with Gasteiger partial charge in [0.2, 0.25) is 5.91 Å². The molecule has 1 atom stereocenters. The molecule has 1 aliphatic carbocycles. The van der Waals surface area contributed by atoms with Crippen molar-refractivity contribution in [3.05, 3.63) is 70.8 Å². The van der Waals surface area contributed by atoms with E-state index in [1.165, 1.54) is 4.90 Å². The van der Waals surface area contributed by atoms with Crippen LogP contribution in [0.15, 0.2) is 59.6 Å². The van der Waals surface area contributed by atoms with Crippen LogP contribution in [0, 0.1) is 0 Å². The van der Waals surface area contributed by atoms with Crippen LogP contribution in [0.2, 0.25) is 0 Å². The van der Waals surface area contributed by atoms with Crippen LogP contribution in [-0.2, 0) is 14.3 Å². The topological polar surface area (TPSA) is 95.9 Å². The van der Waals surface area contributed by atoms with Crippen molar-refractivity contribution in [3.63, 3.8) is 0 Å². The van der Waals surface area contributed by atoms with Gasteiger partial charge >= 0.3 is 12.1 Å². The molecule has 0 radical (unpaired) electrons. The summed E-state index contributed by atoms with van der Waals surface area (Å²) in [6, 6.07) is 14.7. The summed E-state index contributed by atoms with van der Waals surface area (Å²) in [5.74, 6) is -1.82. The van der Waals surface area contributed by atoms with Gasteiger partial charge in [-0.25, -0.2) is 4.79 Å². The number of carbonyl (C=O) groups excluding carboxylic acids is 2. The number of amides is 2. The summed E-state index contributed by atoms with van der Waals surface area (Å²) in [5, 5.41) is 12.2. The van der Waals surface area contributed by atoms with Crippen LogP contribution < -0.4 is 5.32 Å². The summed E-state index contributed by atoms with van der Waals surface area (Å²) < 4.78 is 5.46. The monoisotopic (exact) mass is 454 g/mol. The van der Waals surface area contributed by atoms with Gasteiger partial charge in [0.05, 0.1) is 13.0 Å². The fourth-order valence-electron chi connectivity index (χ4n) is 4.27. The minimum atomic E-state index is -1.23. The molecule has 2 amide bonds. The van der Waals surface area contributed by atoms with E-state index < -0.39 is 30.4 Å². The standard InChI is InChI=1S/C24H23ClN2O5/c25-15-6-5-11-27(13-15)23(30)21(12-22(28)29)26-24(31)32-14-20-18-9-3-1-7-16(18)17-8-2-4-10-19(17)20/h1-4,6-10,20-21H,5,11-14H2,(H,26,31)(H,28,29). The number of aliphatic carboxylic acids is 1. The van der Waals surface area contributed by atoms with Crippen molar-refractivity contribution in [1.29, 1.82) is 0 Å². The molecule has 1 heterocycles. The highest BCUT2D eigenvalue weighted by Gasteiger charge is 2.32. The van der Waals surface area contributed by atoms with E-state index in [2.05, 4.69) is 5.32 Å². The van der Waals surface area contributed by atoms with Crippen LogP contribution in [0.1, 0.15) is 29.9 Å². The van der Waals surface area contributed by atoms with Gasteiger partial charge in [-0.3, -0.25) is 9.59 Å². The Morgan fingerprint density at radius 2 is 1.72 bits per heavy atom. The van der Waals surface area contributed by atoms with Gasteiger partial charge in [0.15, 0.2) is 0 Å². The molecule has 4 rings (SSSR count). The van der Waals surface area contributed by atoms with Crippen LogP contribution >= 0.6 is 11.6 Å². The maximum atomic E-state index is 12.8. The largest absolute Gasteiger partial charge is 0.481 e. The minimum Gasteiger partial charge on any atom is -0.481 e. The Hall–Kier alpha value is -3.32. The Morgan fingerprint density at radius 3 is 2.31 bits per heavy atom. The van der Waals surface area contributed by atoms with E-state index in [0.29, 0.717) is 18.0 Å². The highest BCUT2D eigenvalue weighted by atomic mass is 35.5. The first-order chi connectivity index (χ1) is 15.4. The van der Waals surface area contributed by atoms with E-state index in [1.54, 1.807) is 0 Å². The molecular weight excluding hydrogens is 432 g/mol. The van der Waals surface area contributed by atoms with Crippen LogP contribution in [0.5, 0.6) is 0 Å². The number of fused-ring (bicyclic) bond motifs is 3. The number of halogens is 1. The lowest BCUT2D eigenvalue weighted by atomic mass is 9.98. The first-order valence-electron chi connectivity index (χ1n) is 10.4. The van der Waals surface area contributed by atoms with E-state index in [1.807, 2.05) is 54.6 Å². The number of rotatable bonds is 6. The molecule has 2 aliphatic rings. The van der Waals surface area contributed by atoms with Crippen molar-refractivity contribution < 1.29 is 24.2 Å². The van der Waals surface area contributed by atoms with Gasteiger partial charge in [0.1, 0.15) is 12.6 Å². The fraction of sp³-hybridized carbons (Fsp3) is 0.292. The zero-order chi connectivity index (χ0) is 22.7. The SMILES string of the molecule is O=C(O)CC(NC(=O)OCC1c2ccccc2-c2ccccc21)C(=O)N1CCC=C(Cl)C1. The predicted molar refractivity (Wildman–Crippen MR) is 119 cm³/mol. The molecule has 1 aliphatic heterocycles. The van der Waals surface area contributed by atoms with Crippen LogP contribution in [-0.4, -0.2) is 53.7 Å². The third-order valence-corrected chi connectivity index (χ3v) is 6.00. The Balaban J connectivity index is 1.43. The summed E-state index contributed by atoms with van der Waals surface area (Å²) >= 11 is 6.02. The number of nitrogens with zero attached hydrogens (tertiary/aromatic N) is 1. The fourth-order valence-corrected chi connectivity index (χ4v) is 4.52. The average molecular weight is 455 g/mol. The normalized spacial score (nSPS) is 15.9. The number of carbonyl (C=O) groups is 3. The molecule has 0 bridgehead atoms. The van der Waals surface area contributed by atoms with Crippen LogP contribution in [0.3, 0.4) is 0 Å². The lowest BCUT2D eigenvalue weighted by molar-refractivity contribution is -0.142. The maximum Gasteiger partial charge on any atom is 0.407 e. The van der Waals surface area contributed by atoms with Gasteiger partial charge in [0, 0.05) is 17.5 Å². The number of ether oxygens (including phenoxy) is 1. The lowest BCUT2D eigenvalue weighted by Gasteiger charge is -2.29. The molecule has 0 saturated carbocycles. The van der Waals surface area contributed by atoms with Gasteiger partial charge in [-0.15, -0.1) is 0 Å². The number of alkyl carbamates (subject to hydrolysis) is 1. The van der Waals surface area contributed by atoms with Crippen LogP contribution in [0.4, 0.5) is 4.79 Å². The number of hydrogen-bond donors (Lipinski definition) is 2. The molecule has 166 valence electrons. The predicted octanol–water partition coefficient (Wildman–Crippen LogP) is 3.72. The maximum absolute atomic E-state index is 12.8.